The van der Waals surface area contributed by atoms with Crippen molar-refractivity contribution in [1.82, 2.24) is 19.7 Å². The smallest absolute Gasteiger partial charge is 0.255 e. The van der Waals surface area contributed by atoms with Crippen LogP contribution in [0.3, 0.4) is 0 Å². The van der Waals surface area contributed by atoms with Crippen molar-refractivity contribution in [3.05, 3.63) is 46.2 Å². The number of carbonyl (C=O) groups is 1. The van der Waals surface area contributed by atoms with Crippen molar-refractivity contribution in [2.45, 2.75) is 13.1 Å². The largest absolute Gasteiger partial charge is 0.329 e. The highest BCUT2D eigenvalue weighted by atomic mass is 79.9. The molecule has 1 aliphatic rings. The lowest BCUT2D eigenvalue weighted by molar-refractivity contribution is 0.0706. The highest BCUT2D eigenvalue weighted by molar-refractivity contribution is 9.10. The van der Waals surface area contributed by atoms with Gasteiger partial charge in [-0.1, -0.05) is 0 Å². The zero-order chi connectivity index (χ0) is 13.4. The summed E-state index contributed by atoms with van der Waals surface area (Å²) in [7, 11) is 0. The van der Waals surface area contributed by atoms with Gasteiger partial charge in [-0.25, -0.2) is 4.39 Å². The molecular weight excluding hydrogens is 315 g/mol. The van der Waals surface area contributed by atoms with Gasteiger partial charge in [0.2, 0.25) is 0 Å². The highest BCUT2D eigenvalue weighted by Crippen LogP contribution is 2.21. The van der Waals surface area contributed by atoms with Gasteiger partial charge in [0, 0.05) is 17.6 Å². The van der Waals surface area contributed by atoms with Gasteiger partial charge in [0.05, 0.1) is 12.1 Å². The van der Waals surface area contributed by atoms with Gasteiger partial charge in [-0.15, -0.1) is 10.2 Å². The predicted molar refractivity (Wildman–Crippen MR) is 68.9 cm³/mol. The van der Waals surface area contributed by atoms with Crippen LogP contribution < -0.4 is 0 Å². The van der Waals surface area contributed by atoms with Gasteiger partial charge < -0.3 is 9.47 Å². The molecule has 2 aromatic rings. The first-order chi connectivity index (χ1) is 9.15. The number of carbonyl (C=O) groups excluding carboxylic acids is 1. The van der Waals surface area contributed by atoms with E-state index >= 15 is 0 Å². The summed E-state index contributed by atoms with van der Waals surface area (Å²) in [6.07, 6.45) is 1.65. The normalized spacial score (nSPS) is 14.3. The molecular formula is C12H10BrFN4O. The first-order valence-electron chi connectivity index (χ1n) is 5.76. The standard InChI is InChI=1S/C12H10BrFN4O/c13-10-2-1-8(14)5-9(10)12(19)17-3-4-18-7-15-16-11(18)6-17/h1-2,5,7H,3-4,6H2. The first-order valence-corrected chi connectivity index (χ1v) is 6.55. The number of nitrogens with zero attached hydrogens (tertiary/aromatic N) is 4. The lowest BCUT2D eigenvalue weighted by Crippen LogP contribution is -2.38. The van der Waals surface area contributed by atoms with Crippen molar-refractivity contribution < 1.29 is 9.18 Å². The van der Waals surface area contributed by atoms with Crippen molar-refractivity contribution in [2.24, 2.45) is 0 Å². The molecule has 0 N–H and O–H groups in total. The van der Waals surface area contributed by atoms with Crippen molar-refractivity contribution in [1.29, 1.82) is 0 Å². The Labute approximate surface area is 117 Å². The topological polar surface area (TPSA) is 51.0 Å². The first kappa shape index (κ1) is 12.3. The lowest BCUT2D eigenvalue weighted by atomic mass is 10.2. The summed E-state index contributed by atoms with van der Waals surface area (Å²) in [5.74, 6) is 0.111. The minimum Gasteiger partial charge on any atom is -0.329 e. The van der Waals surface area contributed by atoms with Crippen molar-refractivity contribution >= 4 is 21.8 Å². The van der Waals surface area contributed by atoms with Crippen molar-refractivity contribution in [2.75, 3.05) is 6.54 Å². The fraction of sp³-hybridized carbons (Fsp3) is 0.250. The maximum atomic E-state index is 13.2. The molecule has 0 unspecified atom stereocenters. The molecule has 1 aliphatic heterocycles. The highest BCUT2D eigenvalue weighted by Gasteiger charge is 2.24. The Balaban J connectivity index is 1.87. The molecule has 5 nitrogen and oxygen atoms in total. The van der Waals surface area contributed by atoms with E-state index in [0.29, 0.717) is 29.7 Å². The summed E-state index contributed by atoms with van der Waals surface area (Å²) in [6, 6.07) is 4.09. The minimum absolute atomic E-state index is 0.208. The number of hydrogen-bond donors (Lipinski definition) is 0. The van der Waals surface area contributed by atoms with Crippen LogP contribution in [0.15, 0.2) is 29.0 Å². The van der Waals surface area contributed by atoms with E-state index in [-0.39, 0.29) is 5.91 Å². The quantitative estimate of drug-likeness (QED) is 0.804. The Morgan fingerprint density at radius 3 is 3.05 bits per heavy atom. The van der Waals surface area contributed by atoms with Crippen LogP contribution >= 0.6 is 15.9 Å². The summed E-state index contributed by atoms with van der Waals surface area (Å²) in [4.78, 5) is 14.0. The average Bonchev–Trinajstić information content (AvgIpc) is 2.88. The third-order valence-electron chi connectivity index (χ3n) is 3.08. The third kappa shape index (κ3) is 2.25. The van der Waals surface area contributed by atoms with E-state index in [4.69, 9.17) is 0 Å². The Kier molecular flexibility index (Phi) is 3.06. The molecule has 0 radical (unpaired) electrons. The van der Waals surface area contributed by atoms with E-state index in [1.165, 1.54) is 18.2 Å². The zero-order valence-corrected chi connectivity index (χ0v) is 11.5. The maximum absolute atomic E-state index is 13.2. The fourth-order valence-corrected chi connectivity index (χ4v) is 2.49. The molecule has 19 heavy (non-hydrogen) atoms. The summed E-state index contributed by atoms with van der Waals surface area (Å²) < 4.78 is 15.7. The van der Waals surface area contributed by atoms with Crippen LogP contribution in [0.2, 0.25) is 0 Å². The van der Waals surface area contributed by atoms with Crippen LogP contribution in [0.5, 0.6) is 0 Å². The van der Waals surface area contributed by atoms with Gasteiger partial charge in [-0.2, -0.15) is 0 Å². The van der Waals surface area contributed by atoms with Gasteiger partial charge in [0.15, 0.2) is 5.82 Å². The number of hydrogen-bond acceptors (Lipinski definition) is 3. The number of halogens is 2. The second kappa shape index (κ2) is 4.73. The van der Waals surface area contributed by atoms with Crippen LogP contribution in [0.4, 0.5) is 4.39 Å². The fourth-order valence-electron chi connectivity index (χ4n) is 2.07. The number of benzene rings is 1. The summed E-state index contributed by atoms with van der Waals surface area (Å²) in [5, 5.41) is 7.76. The molecule has 3 rings (SSSR count). The zero-order valence-electron chi connectivity index (χ0n) is 9.88. The molecule has 0 fully saturated rings. The number of amides is 1. The second-order valence-electron chi connectivity index (χ2n) is 4.29. The van der Waals surface area contributed by atoms with Gasteiger partial charge >= 0.3 is 0 Å². The van der Waals surface area contributed by atoms with Crippen LogP contribution in [0.25, 0.3) is 0 Å². The minimum atomic E-state index is -0.424. The summed E-state index contributed by atoms with van der Waals surface area (Å²) in [6.45, 7) is 1.61. The van der Waals surface area contributed by atoms with Gasteiger partial charge in [0.1, 0.15) is 12.1 Å². The molecule has 1 aromatic heterocycles. The third-order valence-corrected chi connectivity index (χ3v) is 3.78. The molecule has 0 aliphatic carbocycles. The predicted octanol–water partition coefficient (Wildman–Crippen LogP) is 1.84. The molecule has 0 saturated carbocycles. The van der Waals surface area contributed by atoms with E-state index in [9.17, 15) is 9.18 Å². The van der Waals surface area contributed by atoms with Crippen LogP contribution in [0.1, 0.15) is 16.2 Å². The molecule has 0 spiro atoms. The van der Waals surface area contributed by atoms with Crippen LogP contribution in [0, 0.1) is 5.82 Å². The van der Waals surface area contributed by atoms with Crippen LogP contribution in [-0.2, 0) is 13.1 Å². The summed E-state index contributed by atoms with van der Waals surface area (Å²) in [5.41, 5.74) is 0.327. The molecule has 0 saturated heterocycles. The SMILES string of the molecule is O=C(c1cc(F)ccc1Br)N1CCn2cnnc2C1. The molecule has 2 heterocycles. The van der Waals surface area contributed by atoms with Crippen LogP contribution in [-0.4, -0.2) is 32.1 Å². The van der Waals surface area contributed by atoms with E-state index < -0.39 is 5.82 Å². The molecule has 1 aromatic carbocycles. The molecule has 0 atom stereocenters. The maximum Gasteiger partial charge on any atom is 0.255 e. The summed E-state index contributed by atoms with van der Waals surface area (Å²) >= 11 is 3.27. The molecule has 7 heteroatoms. The number of aromatic nitrogens is 3. The Morgan fingerprint density at radius 2 is 2.21 bits per heavy atom. The van der Waals surface area contributed by atoms with E-state index in [1.807, 2.05) is 4.57 Å². The molecule has 1 amide bonds. The number of rotatable bonds is 1. The van der Waals surface area contributed by atoms with E-state index in [0.717, 1.165) is 5.82 Å². The van der Waals surface area contributed by atoms with Crippen molar-refractivity contribution in [3.8, 4) is 0 Å². The Hall–Kier alpha value is -1.76. The molecule has 98 valence electrons. The van der Waals surface area contributed by atoms with Gasteiger partial charge in [-0.3, -0.25) is 4.79 Å². The Bertz CT molecular complexity index is 642. The molecule has 0 bridgehead atoms. The average molecular weight is 325 g/mol. The second-order valence-corrected chi connectivity index (χ2v) is 5.15. The van der Waals surface area contributed by atoms with Gasteiger partial charge in [-0.05, 0) is 34.1 Å². The van der Waals surface area contributed by atoms with Crippen molar-refractivity contribution in [3.63, 3.8) is 0 Å². The van der Waals surface area contributed by atoms with E-state index in [2.05, 4.69) is 26.1 Å². The Morgan fingerprint density at radius 1 is 1.37 bits per heavy atom. The van der Waals surface area contributed by atoms with Gasteiger partial charge in [0.25, 0.3) is 5.91 Å². The van der Waals surface area contributed by atoms with E-state index in [1.54, 1.807) is 11.2 Å². The number of fused-ring (bicyclic) bond motifs is 1. The monoisotopic (exact) mass is 324 g/mol. The lowest BCUT2D eigenvalue weighted by Gasteiger charge is -2.27.